The zero-order chi connectivity index (χ0) is 15.4. The minimum atomic E-state index is -0.534. The van der Waals surface area contributed by atoms with Gasteiger partial charge < -0.3 is 10.4 Å². The predicted octanol–water partition coefficient (Wildman–Crippen LogP) is 4.00. The van der Waals surface area contributed by atoms with E-state index in [-0.39, 0.29) is 23.5 Å². The van der Waals surface area contributed by atoms with Gasteiger partial charge in [-0.2, -0.15) is 0 Å². The Bertz CT molecular complexity index is 621. The van der Waals surface area contributed by atoms with Crippen LogP contribution in [0.15, 0.2) is 42.5 Å². The lowest BCUT2D eigenvalue weighted by Gasteiger charge is -2.22. The van der Waals surface area contributed by atoms with Crippen molar-refractivity contribution in [2.24, 2.45) is 0 Å². The van der Waals surface area contributed by atoms with Gasteiger partial charge in [0.05, 0.1) is 17.7 Å². The number of benzene rings is 2. The number of aliphatic hydroxyl groups is 1. The molecule has 0 spiro atoms. The van der Waals surface area contributed by atoms with Gasteiger partial charge in [0, 0.05) is 6.04 Å². The zero-order valence-corrected chi connectivity index (χ0v) is 12.2. The Hall–Kier alpha value is -1.49. The average Bonchev–Trinajstić information content (AvgIpc) is 2.47. The van der Waals surface area contributed by atoms with E-state index in [2.05, 4.69) is 5.32 Å². The van der Waals surface area contributed by atoms with Gasteiger partial charge >= 0.3 is 0 Å². The summed E-state index contributed by atoms with van der Waals surface area (Å²) in [4.78, 5) is 0. The molecule has 0 heterocycles. The Morgan fingerprint density at radius 1 is 1.14 bits per heavy atom. The Kier molecular flexibility index (Phi) is 5.28. The van der Waals surface area contributed by atoms with E-state index in [9.17, 15) is 13.9 Å². The molecule has 0 radical (unpaired) electrons. The number of halogens is 3. The quantitative estimate of drug-likeness (QED) is 0.874. The number of rotatable bonds is 5. The van der Waals surface area contributed by atoms with Crippen molar-refractivity contribution in [3.63, 3.8) is 0 Å². The summed E-state index contributed by atoms with van der Waals surface area (Å²) in [7, 11) is 0. The van der Waals surface area contributed by atoms with E-state index in [0.717, 1.165) is 5.56 Å². The van der Waals surface area contributed by atoms with Gasteiger partial charge in [-0.05, 0) is 42.3 Å². The molecule has 5 heteroatoms. The topological polar surface area (TPSA) is 32.3 Å². The molecule has 0 aliphatic carbocycles. The van der Waals surface area contributed by atoms with Crippen LogP contribution in [0.2, 0.25) is 5.02 Å². The number of nitrogens with one attached hydrogen (secondary N) is 1. The monoisotopic (exact) mass is 311 g/mol. The lowest BCUT2D eigenvalue weighted by atomic mass is 10.0. The highest BCUT2D eigenvalue weighted by molar-refractivity contribution is 6.30. The fraction of sp³-hybridized carbons (Fsp3) is 0.250. The third-order valence-electron chi connectivity index (χ3n) is 3.33. The van der Waals surface area contributed by atoms with Crippen molar-refractivity contribution in [3.8, 4) is 0 Å². The Labute approximate surface area is 127 Å². The number of hydrogen-bond donors (Lipinski definition) is 2. The second kappa shape index (κ2) is 6.98. The second-order valence-corrected chi connectivity index (χ2v) is 5.26. The highest BCUT2D eigenvalue weighted by Crippen LogP contribution is 2.23. The first kappa shape index (κ1) is 15.9. The van der Waals surface area contributed by atoms with E-state index in [1.165, 1.54) is 24.3 Å². The maximum Gasteiger partial charge on any atom is 0.142 e. The summed E-state index contributed by atoms with van der Waals surface area (Å²) < 4.78 is 26.7. The molecular weight excluding hydrogens is 296 g/mol. The van der Waals surface area contributed by atoms with Crippen molar-refractivity contribution in [1.82, 2.24) is 5.32 Å². The van der Waals surface area contributed by atoms with E-state index in [1.54, 1.807) is 18.2 Å². The fourth-order valence-electron chi connectivity index (χ4n) is 2.16. The summed E-state index contributed by atoms with van der Waals surface area (Å²) in [5, 5.41) is 12.7. The van der Waals surface area contributed by atoms with Crippen molar-refractivity contribution in [3.05, 3.63) is 70.2 Å². The van der Waals surface area contributed by atoms with Crippen molar-refractivity contribution < 1.29 is 13.9 Å². The molecule has 112 valence electrons. The van der Waals surface area contributed by atoms with Crippen LogP contribution in [-0.4, -0.2) is 11.7 Å². The van der Waals surface area contributed by atoms with E-state index >= 15 is 0 Å². The third-order valence-corrected chi connectivity index (χ3v) is 3.63. The molecule has 2 aromatic carbocycles. The first-order valence-corrected chi connectivity index (χ1v) is 6.96. The molecule has 0 aromatic heterocycles. The molecule has 0 fully saturated rings. The molecular formula is C16H16ClF2NO. The van der Waals surface area contributed by atoms with Crippen LogP contribution >= 0.6 is 11.6 Å². The van der Waals surface area contributed by atoms with Gasteiger partial charge in [0.15, 0.2) is 0 Å². The van der Waals surface area contributed by atoms with E-state index < -0.39 is 11.9 Å². The second-order valence-electron chi connectivity index (χ2n) is 4.85. The van der Waals surface area contributed by atoms with Crippen LogP contribution in [0.4, 0.5) is 8.78 Å². The molecule has 2 nitrogen and oxygen atoms in total. The lowest BCUT2D eigenvalue weighted by Crippen LogP contribution is -2.27. The van der Waals surface area contributed by atoms with Crippen LogP contribution in [0.3, 0.4) is 0 Å². The minimum Gasteiger partial charge on any atom is -0.394 e. The van der Waals surface area contributed by atoms with E-state index in [0.29, 0.717) is 5.56 Å². The molecule has 2 unspecified atom stereocenters. The molecule has 0 aliphatic heterocycles. The summed E-state index contributed by atoms with van der Waals surface area (Å²) in [6.45, 7) is 1.64. The van der Waals surface area contributed by atoms with Crippen LogP contribution in [0.1, 0.15) is 30.1 Å². The largest absolute Gasteiger partial charge is 0.394 e. The maximum absolute atomic E-state index is 13.5. The smallest absolute Gasteiger partial charge is 0.142 e. The lowest BCUT2D eigenvalue weighted by molar-refractivity contribution is 0.235. The summed E-state index contributed by atoms with van der Waals surface area (Å²) >= 11 is 5.65. The SMILES string of the molecule is CC(NC(CO)c1ccc(Cl)c(F)c1)c1cccc(F)c1. The third kappa shape index (κ3) is 4.00. The van der Waals surface area contributed by atoms with Gasteiger partial charge in [0.1, 0.15) is 11.6 Å². The van der Waals surface area contributed by atoms with Gasteiger partial charge in [0.2, 0.25) is 0 Å². The van der Waals surface area contributed by atoms with Gasteiger partial charge in [-0.1, -0.05) is 29.8 Å². The Balaban J connectivity index is 2.16. The van der Waals surface area contributed by atoms with E-state index in [4.69, 9.17) is 11.6 Å². The molecule has 2 rings (SSSR count). The number of aliphatic hydroxyl groups excluding tert-OH is 1. The first-order valence-electron chi connectivity index (χ1n) is 6.58. The zero-order valence-electron chi connectivity index (χ0n) is 11.5. The minimum absolute atomic E-state index is 0.0358. The molecule has 0 bridgehead atoms. The maximum atomic E-state index is 13.5. The van der Waals surface area contributed by atoms with Crippen molar-refractivity contribution in [2.75, 3.05) is 6.61 Å². The van der Waals surface area contributed by atoms with Crippen LogP contribution in [0.5, 0.6) is 0 Å². The van der Waals surface area contributed by atoms with Gasteiger partial charge in [-0.3, -0.25) is 0 Å². The van der Waals surface area contributed by atoms with Crippen molar-refractivity contribution >= 4 is 11.6 Å². The molecule has 0 saturated heterocycles. The molecule has 0 amide bonds. The van der Waals surface area contributed by atoms with E-state index in [1.807, 2.05) is 6.92 Å². The molecule has 0 aliphatic rings. The average molecular weight is 312 g/mol. The van der Waals surface area contributed by atoms with Crippen molar-refractivity contribution in [2.45, 2.75) is 19.0 Å². The Morgan fingerprint density at radius 2 is 1.90 bits per heavy atom. The Morgan fingerprint density at radius 3 is 2.52 bits per heavy atom. The molecule has 2 N–H and O–H groups in total. The molecule has 0 saturated carbocycles. The molecule has 2 aromatic rings. The summed E-state index contributed by atoms with van der Waals surface area (Å²) in [5.41, 5.74) is 1.34. The summed E-state index contributed by atoms with van der Waals surface area (Å²) in [6, 6.07) is 9.93. The first-order chi connectivity index (χ1) is 10.0. The van der Waals surface area contributed by atoms with Gasteiger partial charge in [-0.15, -0.1) is 0 Å². The summed E-state index contributed by atoms with van der Waals surface area (Å²) in [6.07, 6.45) is 0. The highest BCUT2D eigenvalue weighted by Gasteiger charge is 2.16. The normalized spacial score (nSPS) is 14.0. The molecule has 2 atom stereocenters. The van der Waals surface area contributed by atoms with Crippen LogP contribution in [0, 0.1) is 11.6 Å². The van der Waals surface area contributed by atoms with Gasteiger partial charge in [0.25, 0.3) is 0 Å². The van der Waals surface area contributed by atoms with Crippen LogP contribution in [0.25, 0.3) is 0 Å². The van der Waals surface area contributed by atoms with Crippen LogP contribution in [-0.2, 0) is 0 Å². The molecule has 21 heavy (non-hydrogen) atoms. The highest BCUT2D eigenvalue weighted by atomic mass is 35.5. The number of hydrogen-bond acceptors (Lipinski definition) is 2. The fourth-order valence-corrected chi connectivity index (χ4v) is 2.27. The van der Waals surface area contributed by atoms with Gasteiger partial charge in [-0.25, -0.2) is 8.78 Å². The standard InChI is InChI=1S/C16H16ClF2NO/c1-10(11-3-2-4-13(18)7-11)20-16(9-21)12-5-6-14(17)15(19)8-12/h2-8,10,16,20-21H,9H2,1H3. The summed E-state index contributed by atoms with van der Waals surface area (Å²) in [5.74, 6) is -0.855. The van der Waals surface area contributed by atoms with Crippen LogP contribution < -0.4 is 5.32 Å². The van der Waals surface area contributed by atoms with Crippen molar-refractivity contribution in [1.29, 1.82) is 0 Å². The predicted molar refractivity (Wildman–Crippen MR) is 79.2 cm³/mol.